The Morgan fingerprint density at radius 1 is 0.821 bits per heavy atom. The van der Waals surface area contributed by atoms with Crippen LogP contribution in [0.4, 0.5) is 0 Å². The van der Waals surface area contributed by atoms with Gasteiger partial charge in [0.05, 0.1) is 6.54 Å². The van der Waals surface area contributed by atoms with Crippen LogP contribution >= 0.6 is 0 Å². The zero-order chi connectivity index (χ0) is 19.2. The highest BCUT2D eigenvalue weighted by Crippen LogP contribution is 2.11. The van der Waals surface area contributed by atoms with E-state index >= 15 is 0 Å². The fraction of sp³-hybridized carbons (Fsp3) is 0.240. The molecule has 0 saturated heterocycles. The van der Waals surface area contributed by atoms with Gasteiger partial charge in [0.15, 0.2) is 0 Å². The zero-order valence-corrected chi connectivity index (χ0v) is 16.2. The number of carbonyl (C=O) groups excluding carboxylic acids is 1. The summed E-state index contributed by atoms with van der Waals surface area (Å²) in [6.45, 7) is 3.91. The molecule has 2 N–H and O–H groups in total. The average molecular weight is 372 g/mol. The van der Waals surface area contributed by atoms with Gasteiger partial charge < -0.3 is 10.2 Å². The monoisotopic (exact) mass is 371 g/mol. The smallest absolute Gasteiger partial charge is 0.251 e. The van der Waals surface area contributed by atoms with Crippen molar-refractivity contribution in [1.82, 2.24) is 5.32 Å². The molecule has 1 aliphatic rings. The minimum atomic E-state index is 0.00160. The molecule has 0 spiro atoms. The third-order valence-electron chi connectivity index (χ3n) is 5.52. The standard InChI is InChI=1S/C25H26N2O/c28-25(26-16-14-20-6-2-1-3-7-20)23-12-10-21(11-13-23)18-27-17-15-22-8-4-5-9-24(22)19-27/h1-13H,14-19H2,(H,26,28)/p+1. The first-order valence-corrected chi connectivity index (χ1v) is 10.1. The van der Waals surface area contributed by atoms with Crippen molar-refractivity contribution in [3.63, 3.8) is 0 Å². The number of quaternary nitrogens is 1. The Balaban J connectivity index is 1.28. The van der Waals surface area contributed by atoms with E-state index in [2.05, 4.69) is 53.8 Å². The lowest BCUT2D eigenvalue weighted by Crippen LogP contribution is -3.10. The predicted octanol–water partition coefficient (Wildman–Crippen LogP) is 2.80. The second-order valence-corrected chi connectivity index (χ2v) is 7.56. The van der Waals surface area contributed by atoms with Crippen LogP contribution in [0, 0.1) is 0 Å². The Hall–Kier alpha value is -2.91. The molecule has 1 unspecified atom stereocenters. The lowest BCUT2D eigenvalue weighted by Gasteiger charge is -2.26. The van der Waals surface area contributed by atoms with Gasteiger partial charge in [-0.05, 0) is 29.7 Å². The van der Waals surface area contributed by atoms with Gasteiger partial charge in [0, 0.05) is 29.7 Å². The van der Waals surface area contributed by atoms with E-state index in [1.54, 1.807) is 4.90 Å². The fourth-order valence-corrected chi connectivity index (χ4v) is 3.92. The number of rotatable bonds is 6. The van der Waals surface area contributed by atoms with E-state index in [0.29, 0.717) is 6.54 Å². The van der Waals surface area contributed by atoms with Gasteiger partial charge in [-0.1, -0.05) is 66.7 Å². The molecular formula is C25H27N2O+. The number of hydrogen-bond acceptors (Lipinski definition) is 1. The van der Waals surface area contributed by atoms with E-state index < -0.39 is 0 Å². The summed E-state index contributed by atoms with van der Waals surface area (Å²) in [6, 6.07) is 27.1. The van der Waals surface area contributed by atoms with Crippen LogP contribution in [0.2, 0.25) is 0 Å². The van der Waals surface area contributed by atoms with Crippen molar-refractivity contribution >= 4 is 5.91 Å². The van der Waals surface area contributed by atoms with Crippen LogP contribution in [0.3, 0.4) is 0 Å². The predicted molar refractivity (Wildman–Crippen MR) is 112 cm³/mol. The maximum absolute atomic E-state index is 12.4. The average Bonchev–Trinajstić information content (AvgIpc) is 2.75. The van der Waals surface area contributed by atoms with Crippen LogP contribution in [0.15, 0.2) is 78.9 Å². The Labute approximate surface area is 167 Å². The maximum Gasteiger partial charge on any atom is 0.251 e. The summed E-state index contributed by atoms with van der Waals surface area (Å²) in [4.78, 5) is 13.9. The highest BCUT2D eigenvalue weighted by Gasteiger charge is 2.19. The second kappa shape index (κ2) is 8.85. The second-order valence-electron chi connectivity index (χ2n) is 7.56. The Morgan fingerprint density at radius 2 is 1.54 bits per heavy atom. The normalized spacial score (nSPS) is 15.6. The van der Waals surface area contributed by atoms with E-state index in [1.165, 1.54) is 28.8 Å². The third-order valence-corrected chi connectivity index (χ3v) is 5.52. The topological polar surface area (TPSA) is 33.5 Å². The number of carbonyl (C=O) groups is 1. The summed E-state index contributed by atoms with van der Waals surface area (Å²) in [6.07, 6.45) is 2.00. The summed E-state index contributed by atoms with van der Waals surface area (Å²) in [5.74, 6) is 0.00160. The summed E-state index contributed by atoms with van der Waals surface area (Å²) in [7, 11) is 0. The van der Waals surface area contributed by atoms with Crippen molar-refractivity contribution in [3.8, 4) is 0 Å². The molecule has 1 heterocycles. The number of benzene rings is 3. The molecule has 0 fully saturated rings. The molecule has 0 radical (unpaired) electrons. The van der Waals surface area contributed by atoms with Gasteiger partial charge in [-0.2, -0.15) is 0 Å². The lowest BCUT2D eigenvalue weighted by molar-refractivity contribution is -0.929. The molecule has 3 aromatic rings. The highest BCUT2D eigenvalue weighted by atomic mass is 16.1. The molecule has 0 saturated carbocycles. The van der Waals surface area contributed by atoms with Crippen molar-refractivity contribution in [1.29, 1.82) is 0 Å². The van der Waals surface area contributed by atoms with E-state index in [1.807, 2.05) is 30.3 Å². The van der Waals surface area contributed by atoms with Crippen LogP contribution < -0.4 is 10.2 Å². The van der Waals surface area contributed by atoms with E-state index in [-0.39, 0.29) is 5.91 Å². The largest absolute Gasteiger partial charge is 0.352 e. The Morgan fingerprint density at radius 3 is 2.32 bits per heavy atom. The van der Waals surface area contributed by atoms with Gasteiger partial charge in [0.2, 0.25) is 0 Å². The summed E-state index contributed by atoms with van der Waals surface area (Å²) < 4.78 is 0. The van der Waals surface area contributed by atoms with Crippen molar-refractivity contribution in [2.24, 2.45) is 0 Å². The minimum Gasteiger partial charge on any atom is -0.352 e. The van der Waals surface area contributed by atoms with Crippen LogP contribution in [0.1, 0.15) is 32.6 Å². The highest BCUT2D eigenvalue weighted by molar-refractivity contribution is 5.94. The molecule has 28 heavy (non-hydrogen) atoms. The number of fused-ring (bicyclic) bond motifs is 1. The number of amides is 1. The molecule has 3 nitrogen and oxygen atoms in total. The fourth-order valence-electron chi connectivity index (χ4n) is 3.92. The SMILES string of the molecule is O=C(NCCc1ccccc1)c1ccc(C[NH+]2CCc3ccccc3C2)cc1. The molecule has 1 atom stereocenters. The summed E-state index contributed by atoms with van der Waals surface area (Å²) >= 11 is 0. The van der Waals surface area contributed by atoms with E-state index in [0.717, 1.165) is 31.5 Å². The van der Waals surface area contributed by atoms with Gasteiger partial charge in [0.1, 0.15) is 13.1 Å². The van der Waals surface area contributed by atoms with Gasteiger partial charge in [-0.25, -0.2) is 0 Å². The minimum absolute atomic E-state index is 0.00160. The zero-order valence-electron chi connectivity index (χ0n) is 16.2. The molecule has 4 rings (SSSR count). The first-order chi connectivity index (χ1) is 13.8. The quantitative estimate of drug-likeness (QED) is 0.686. The van der Waals surface area contributed by atoms with Gasteiger partial charge in [0.25, 0.3) is 5.91 Å². The molecule has 1 amide bonds. The Bertz CT molecular complexity index is 919. The molecule has 142 valence electrons. The van der Waals surface area contributed by atoms with Crippen LogP contribution in [0.5, 0.6) is 0 Å². The van der Waals surface area contributed by atoms with E-state index in [4.69, 9.17) is 0 Å². The summed E-state index contributed by atoms with van der Waals surface area (Å²) in [5, 5.41) is 3.02. The third kappa shape index (κ3) is 4.68. The molecular weight excluding hydrogens is 344 g/mol. The molecule has 3 aromatic carbocycles. The van der Waals surface area contributed by atoms with Crippen molar-refractivity contribution in [2.45, 2.75) is 25.9 Å². The summed E-state index contributed by atoms with van der Waals surface area (Å²) in [5.41, 5.74) is 6.22. The lowest BCUT2D eigenvalue weighted by atomic mass is 9.99. The van der Waals surface area contributed by atoms with Gasteiger partial charge in [-0.3, -0.25) is 4.79 Å². The molecule has 0 aromatic heterocycles. The first kappa shape index (κ1) is 18.5. The van der Waals surface area contributed by atoms with Gasteiger partial charge in [-0.15, -0.1) is 0 Å². The van der Waals surface area contributed by atoms with Crippen molar-refractivity contribution < 1.29 is 9.69 Å². The van der Waals surface area contributed by atoms with Crippen molar-refractivity contribution in [2.75, 3.05) is 13.1 Å². The number of nitrogens with one attached hydrogen (secondary N) is 2. The van der Waals surface area contributed by atoms with Crippen LogP contribution in [0.25, 0.3) is 0 Å². The van der Waals surface area contributed by atoms with Crippen LogP contribution in [-0.2, 0) is 25.9 Å². The Kier molecular flexibility index (Phi) is 5.83. The number of hydrogen-bond donors (Lipinski definition) is 2. The van der Waals surface area contributed by atoms with Crippen molar-refractivity contribution in [3.05, 3.63) is 107 Å². The molecule has 0 bridgehead atoms. The molecule has 0 aliphatic carbocycles. The van der Waals surface area contributed by atoms with E-state index in [9.17, 15) is 4.79 Å². The van der Waals surface area contributed by atoms with Crippen LogP contribution in [-0.4, -0.2) is 19.0 Å². The van der Waals surface area contributed by atoms with Gasteiger partial charge >= 0.3 is 0 Å². The molecule has 1 aliphatic heterocycles. The first-order valence-electron chi connectivity index (χ1n) is 10.1. The molecule has 3 heteroatoms. The maximum atomic E-state index is 12.4.